The van der Waals surface area contributed by atoms with Crippen molar-refractivity contribution in [1.82, 2.24) is 19.7 Å². The summed E-state index contributed by atoms with van der Waals surface area (Å²) in [7, 11) is -3.56. The molecule has 5 atom stereocenters. The second-order valence-corrected chi connectivity index (χ2v) is 13.1. The normalized spacial score (nSPS) is 28.9. The highest BCUT2D eigenvalue weighted by atomic mass is 32.2. The van der Waals surface area contributed by atoms with Crippen LogP contribution in [0.5, 0.6) is 0 Å². The number of hydrogen-bond donors (Lipinski definition) is 5. The number of alkyl halides is 3. The molecule has 3 saturated carbocycles. The van der Waals surface area contributed by atoms with E-state index in [2.05, 4.69) is 30.3 Å². The average molecular weight is 571 g/mol. The lowest BCUT2D eigenvalue weighted by atomic mass is 10.1. The average Bonchev–Trinajstić information content (AvgIpc) is 3.71. The van der Waals surface area contributed by atoms with Crippen LogP contribution in [0.25, 0.3) is 20.8 Å². The molecule has 38 heavy (non-hydrogen) atoms. The third-order valence-electron chi connectivity index (χ3n) is 7.37. The van der Waals surface area contributed by atoms with Gasteiger partial charge in [-0.15, -0.1) is 11.3 Å². The molecular weight excluding hydrogens is 545 g/mol. The molecule has 0 amide bonds. The molecule has 1 aromatic carbocycles. The van der Waals surface area contributed by atoms with E-state index in [-0.39, 0.29) is 18.2 Å². The van der Waals surface area contributed by atoms with Crippen molar-refractivity contribution in [2.24, 2.45) is 5.92 Å². The van der Waals surface area contributed by atoms with Gasteiger partial charge in [0.1, 0.15) is 29.1 Å². The van der Waals surface area contributed by atoms with Crippen molar-refractivity contribution in [2.45, 2.75) is 61.4 Å². The zero-order chi connectivity index (χ0) is 27.0. The molecule has 6 rings (SSSR count). The summed E-state index contributed by atoms with van der Waals surface area (Å²) in [6.07, 6.45) is -4.45. The number of sulfonamides is 1. The van der Waals surface area contributed by atoms with Gasteiger partial charge in [-0.3, -0.25) is 0 Å². The molecule has 5 N–H and O–H groups in total. The summed E-state index contributed by atoms with van der Waals surface area (Å²) in [5.41, 5.74) is -0.0683. The van der Waals surface area contributed by atoms with Crippen molar-refractivity contribution in [3.8, 4) is 10.6 Å². The van der Waals surface area contributed by atoms with Crippen molar-refractivity contribution in [3.05, 3.63) is 30.0 Å². The minimum Gasteiger partial charge on any atom is -0.388 e. The molecule has 3 aliphatic rings. The van der Waals surface area contributed by atoms with E-state index in [9.17, 15) is 31.8 Å². The van der Waals surface area contributed by atoms with Crippen LogP contribution in [0.15, 0.2) is 24.3 Å². The fourth-order valence-corrected chi connectivity index (χ4v) is 7.95. The number of benzene rings is 1. The van der Waals surface area contributed by atoms with Crippen LogP contribution in [0.3, 0.4) is 0 Å². The van der Waals surface area contributed by atoms with Crippen molar-refractivity contribution < 1.29 is 31.8 Å². The minimum atomic E-state index is -4.48. The number of halogens is 3. The Labute approximate surface area is 219 Å². The molecule has 3 aliphatic carbocycles. The molecule has 2 aromatic heterocycles. The first-order valence-corrected chi connectivity index (χ1v) is 14.5. The number of hydrogen-bond acceptors (Lipinski definition) is 10. The van der Waals surface area contributed by atoms with Crippen LogP contribution in [0.4, 0.5) is 24.9 Å². The van der Waals surface area contributed by atoms with Crippen molar-refractivity contribution >= 4 is 43.3 Å². The third-order valence-corrected chi connectivity index (χ3v) is 10.4. The van der Waals surface area contributed by atoms with Gasteiger partial charge in [0.05, 0.1) is 38.8 Å². The van der Waals surface area contributed by atoms with Gasteiger partial charge < -0.3 is 20.8 Å². The number of aliphatic hydroxyl groups excluding tert-OH is 1. The monoisotopic (exact) mass is 570 g/mol. The second kappa shape index (κ2) is 8.71. The summed E-state index contributed by atoms with van der Waals surface area (Å²) >= 11 is 1.36. The van der Waals surface area contributed by atoms with Crippen molar-refractivity contribution in [2.75, 3.05) is 17.2 Å². The fraction of sp³-hybridized carbons (Fsp3) is 0.522. The Hall–Kier alpha value is -2.59. The first-order valence-electron chi connectivity index (χ1n) is 12.1. The molecule has 15 heteroatoms. The highest BCUT2D eigenvalue weighted by Gasteiger charge is 2.75. The van der Waals surface area contributed by atoms with Gasteiger partial charge in [0.25, 0.3) is 0 Å². The Morgan fingerprint density at radius 3 is 2.55 bits per heavy atom. The Morgan fingerprint density at radius 2 is 1.92 bits per heavy atom. The van der Waals surface area contributed by atoms with Crippen LogP contribution in [0.2, 0.25) is 0 Å². The van der Waals surface area contributed by atoms with E-state index < -0.39 is 57.7 Å². The Kier molecular flexibility index (Phi) is 5.88. The van der Waals surface area contributed by atoms with Gasteiger partial charge in [-0.1, -0.05) is 12.1 Å². The topological polar surface area (TPSA) is 149 Å². The number of aromatic nitrogens is 3. The van der Waals surface area contributed by atoms with E-state index >= 15 is 0 Å². The van der Waals surface area contributed by atoms with Gasteiger partial charge in [0.2, 0.25) is 16.0 Å². The van der Waals surface area contributed by atoms with E-state index in [4.69, 9.17) is 0 Å². The molecule has 0 bridgehead atoms. The maximum Gasteiger partial charge on any atom is 0.405 e. The molecule has 0 saturated heterocycles. The number of rotatable bonds is 8. The van der Waals surface area contributed by atoms with Crippen molar-refractivity contribution in [3.63, 3.8) is 0 Å². The van der Waals surface area contributed by atoms with E-state index in [1.54, 1.807) is 6.92 Å². The van der Waals surface area contributed by atoms with Gasteiger partial charge in [0, 0.05) is 5.92 Å². The highest BCUT2D eigenvalue weighted by Crippen LogP contribution is 2.57. The lowest BCUT2D eigenvalue weighted by Crippen LogP contribution is -2.46. The molecule has 204 valence electrons. The largest absolute Gasteiger partial charge is 0.405 e. The van der Waals surface area contributed by atoms with Gasteiger partial charge >= 0.3 is 6.18 Å². The molecule has 2 heterocycles. The molecule has 3 aromatic rings. The number of thiazole rings is 1. The smallest absolute Gasteiger partial charge is 0.388 e. The maximum atomic E-state index is 12.8. The van der Waals surface area contributed by atoms with Gasteiger partial charge in [-0.05, 0) is 38.3 Å². The van der Waals surface area contributed by atoms with Crippen LogP contribution < -0.4 is 15.4 Å². The molecule has 0 radical (unpaired) electrons. The first-order chi connectivity index (χ1) is 17.9. The zero-order valence-corrected chi connectivity index (χ0v) is 21.7. The van der Waals surface area contributed by atoms with Gasteiger partial charge in [-0.2, -0.15) is 18.2 Å². The summed E-state index contributed by atoms with van der Waals surface area (Å²) in [6, 6.07) is 5.92. The van der Waals surface area contributed by atoms with Crippen LogP contribution in [0, 0.1) is 12.8 Å². The predicted molar refractivity (Wildman–Crippen MR) is 135 cm³/mol. The Balaban J connectivity index is 1.29. The summed E-state index contributed by atoms with van der Waals surface area (Å²) in [5.74, 6) is -0.607. The Bertz CT molecular complexity index is 1480. The summed E-state index contributed by atoms with van der Waals surface area (Å²) < 4.78 is 66.6. The minimum absolute atomic E-state index is 0.158. The van der Waals surface area contributed by atoms with E-state index in [1.165, 1.54) is 11.3 Å². The summed E-state index contributed by atoms with van der Waals surface area (Å²) in [5, 5.41) is 27.4. The fourth-order valence-electron chi connectivity index (χ4n) is 5.23. The highest BCUT2D eigenvalue weighted by molar-refractivity contribution is 7.90. The quantitative estimate of drug-likeness (QED) is 0.275. The maximum absolute atomic E-state index is 12.8. The number of nitrogens with one attached hydrogen (secondary N) is 3. The molecule has 1 unspecified atom stereocenters. The summed E-state index contributed by atoms with van der Waals surface area (Å²) in [6.45, 7) is 0.300. The number of fused-ring (bicyclic) bond motifs is 2. The number of aliphatic hydroxyl groups is 2. The van der Waals surface area contributed by atoms with Crippen LogP contribution in [-0.4, -0.2) is 75.3 Å². The number of anilines is 2. The SMILES string of the molecule is Cc1nc(NCC(F)(F)F)nc(N[C@@H]2C[C@@H]3C(NS(=O)(=O)C4CC4)[C@]3(O)[C@H]2O)c1-c1nc2ccccc2s1. The molecule has 10 nitrogen and oxygen atoms in total. The second-order valence-electron chi connectivity index (χ2n) is 10.1. The third kappa shape index (κ3) is 4.49. The van der Waals surface area contributed by atoms with Gasteiger partial charge in [-0.25, -0.2) is 23.1 Å². The van der Waals surface area contributed by atoms with Gasteiger partial charge in [0.15, 0.2) is 0 Å². The van der Waals surface area contributed by atoms with E-state index in [1.807, 2.05) is 24.3 Å². The molecular formula is C23H25F3N6O4S2. The molecule has 0 aliphatic heterocycles. The standard InChI is InChI=1S/C23H25F3N6O4S2/c1-10-16(20-30-13-4-2-3-5-15(13)37-20)19(31-21(28-10)27-9-22(24,25)26)29-14-8-12-17(23(12,34)18(14)33)32-38(35,36)11-6-7-11/h2-5,11-12,14,17-18,32-34H,6-9H2,1H3,(H2,27,28,29,31)/t12-,14-,17?,18+,23+/m1/s1. The summed E-state index contributed by atoms with van der Waals surface area (Å²) in [4.78, 5) is 13.1. The van der Waals surface area contributed by atoms with Crippen LogP contribution in [-0.2, 0) is 10.0 Å². The van der Waals surface area contributed by atoms with Crippen LogP contribution in [0.1, 0.15) is 25.0 Å². The lowest BCUT2D eigenvalue weighted by Gasteiger charge is -2.26. The zero-order valence-electron chi connectivity index (χ0n) is 20.0. The lowest BCUT2D eigenvalue weighted by molar-refractivity contribution is -0.115. The predicted octanol–water partition coefficient (Wildman–Crippen LogP) is 2.39. The first kappa shape index (κ1) is 25.7. The number of aryl methyl sites for hydroxylation is 1. The van der Waals surface area contributed by atoms with E-state index in [0.717, 1.165) is 10.2 Å². The Morgan fingerprint density at radius 1 is 1.18 bits per heavy atom. The number of para-hydroxylation sites is 1. The molecule has 0 spiro atoms. The van der Waals surface area contributed by atoms with E-state index in [0.29, 0.717) is 29.1 Å². The number of nitrogens with zero attached hydrogens (tertiary/aromatic N) is 3. The molecule has 3 fully saturated rings. The van der Waals surface area contributed by atoms with Crippen molar-refractivity contribution in [1.29, 1.82) is 0 Å². The van der Waals surface area contributed by atoms with Crippen LogP contribution >= 0.6 is 11.3 Å².